The molecule has 0 aliphatic carbocycles. The summed E-state index contributed by atoms with van der Waals surface area (Å²) in [5, 5.41) is 12.6. The van der Waals surface area contributed by atoms with Crippen LogP contribution in [0.2, 0.25) is 10.0 Å². The van der Waals surface area contributed by atoms with Crippen LogP contribution < -0.4 is 5.32 Å². The first-order valence-corrected chi connectivity index (χ1v) is 8.83. The Hall–Kier alpha value is -0.860. The number of ketones is 1. The number of hydrogen-bond acceptors (Lipinski definition) is 7. The molecule has 0 amide bonds. The van der Waals surface area contributed by atoms with Crippen LogP contribution >= 0.6 is 46.3 Å². The van der Waals surface area contributed by atoms with Crippen LogP contribution in [-0.4, -0.2) is 42.0 Å². The summed E-state index contributed by atoms with van der Waals surface area (Å²) in [6.45, 7) is 1.26. The molecule has 0 fully saturated rings. The van der Waals surface area contributed by atoms with Gasteiger partial charge in [0, 0.05) is 19.2 Å². The van der Waals surface area contributed by atoms with E-state index in [0.29, 0.717) is 33.9 Å². The number of methoxy groups -OCH3 is 1. The maximum Gasteiger partial charge on any atom is 0.206 e. The highest BCUT2D eigenvalue weighted by Gasteiger charge is 2.11. The molecular weight excluding hydrogens is 365 g/mol. The van der Waals surface area contributed by atoms with E-state index >= 15 is 0 Å². The van der Waals surface area contributed by atoms with Gasteiger partial charge in [-0.05, 0) is 18.2 Å². The van der Waals surface area contributed by atoms with Crippen molar-refractivity contribution in [2.45, 2.75) is 4.34 Å². The second kappa shape index (κ2) is 8.69. The molecule has 1 heterocycles. The zero-order valence-corrected chi connectivity index (χ0v) is 14.8. The van der Waals surface area contributed by atoms with E-state index in [4.69, 9.17) is 27.9 Å². The molecule has 118 valence electrons. The van der Waals surface area contributed by atoms with Crippen molar-refractivity contribution in [1.82, 2.24) is 10.2 Å². The number of nitrogens with one attached hydrogen (secondary N) is 1. The number of rotatable bonds is 8. The standard InChI is InChI=1S/C13H13Cl2N3O2S2/c1-20-5-4-16-12-17-18-13(22-12)21-7-11(19)8-2-3-9(14)10(15)6-8/h2-3,6H,4-5,7H2,1H3,(H,16,17). The van der Waals surface area contributed by atoms with E-state index in [-0.39, 0.29) is 11.5 Å². The Labute approximate surface area is 146 Å². The average molecular weight is 378 g/mol. The molecule has 5 nitrogen and oxygen atoms in total. The summed E-state index contributed by atoms with van der Waals surface area (Å²) < 4.78 is 5.67. The fourth-order valence-corrected chi connectivity index (χ4v) is 3.45. The lowest BCUT2D eigenvalue weighted by Gasteiger charge is -2.01. The second-order valence-corrected chi connectivity index (χ2v) is 7.15. The number of halogens is 2. The fourth-order valence-electron chi connectivity index (χ4n) is 1.48. The maximum atomic E-state index is 12.1. The van der Waals surface area contributed by atoms with E-state index in [9.17, 15) is 4.79 Å². The van der Waals surface area contributed by atoms with Gasteiger partial charge in [-0.15, -0.1) is 10.2 Å². The lowest BCUT2D eigenvalue weighted by atomic mass is 10.1. The maximum absolute atomic E-state index is 12.1. The third-order valence-corrected chi connectivity index (χ3v) is 5.31. The van der Waals surface area contributed by atoms with E-state index in [2.05, 4.69) is 15.5 Å². The van der Waals surface area contributed by atoms with Crippen LogP contribution in [0.1, 0.15) is 10.4 Å². The van der Waals surface area contributed by atoms with Crippen LogP contribution in [0, 0.1) is 0 Å². The minimum absolute atomic E-state index is 0.0346. The van der Waals surface area contributed by atoms with Crippen molar-refractivity contribution in [3.8, 4) is 0 Å². The van der Waals surface area contributed by atoms with Gasteiger partial charge in [0.15, 0.2) is 10.1 Å². The number of aromatic nitrogens is 2. The van der Waals surface area contributed by atoms with Crippen LogP contribution in [0.5, 0.6) is 0 Å². The van der Waals surface area contributed by atoms with Crippen molar-refractivity contribution < 1.29 is 9.53 Å². The van der Waals surface area contributed by atoms with E-state index in [0.717, 1.165) is 4.34 Å². The van der Waals surface area contributed by atoms with Crippen molar-refractivity contribution >= 4 is 57.2 Å². The van der Waals surface area contributed by atoms with Crippen molar-refractivity contribution in [1.29, 1.82) is 0 Å². The predicted molar refractivity (Wildman–Crippen MR) is 91.8 cm³/mol. The summed E-state index contributed by atoms with van der Waals surface area (Å²) in [4.78, 5) is 12.1. The highest BCUT2D eigenvalue weighted by atomic mass is 35.5. The summed E-state index contributed by atoms with van der Waals surface area (Å²) >= 11 is 14.5. The quantitative estimate of drug-likeness (QED) is 0.427. The Kier molecular flexibility index (Phi) is 6.91. The van der Waals surface area contributed by atoms with Crippen LogP contribution in [0.4, 0.5) is 5.13 Å². The third-order valence-electron chi connectivity index (χ3n) is 2.56. The number of nitrogens with zero attached hydrogens (tertiary/aromatic N) is 2. The molecule has 0 atom stereocenters. The first-order chi connectivity index (χ1) is 10.6. The Morgan fingerprint density at radius 2 is 2.18 bits per heavy atom. The van der Waals surface area contributed by atoms with Gasteiger partial charge in [-0.3, -0.25) is 4.79 Å². The molecule has 22 heavy (non-hydrogen) atoms. The molecular formula is C13H13Cl2N3O2S2. The fraction of sp³-hybridized carbons (Fsp3) is 0.308. The van der Waals surface area contributed by atoms with Gasteiger partial charge in [0.2, 0.25) is 5.13 Å². The zero-order chi connectivity index (χ0) is 15.9. The normalized spacial score (nSPS) is 10.7. The van der Waals surface area contributed by atoms with Crippen LogP contribution in [0.25, 0.3) is 0 Å². The Bertz CT molecular complexity index is 652. The number of anilines is 1. The molecule has 0 spiro atoms. The minimum atomic E-state index is -0.0346. The van der Waals surface area contributed by atoms with Gasteiger partial charge >= 0.3 is 0 Å². The molecule has 0 saturated heterocycles. The van der Waals surface area contributed by atoms with Crippen LogP contribution in [0.15, 0.2) is 22.5 Å². The van der Waals surface area contributed by atoms with Crippen LogP contribution in [0.3, 0.4) is 0 Å². The van der Waals surface area contributed by atoms with Crippen molar-refractivity contribution in [3.05, 3.63) is 33.8 Å². The first-order valence-electron chi connectivity index (χ1n) is 6.27. The number of Topliss-reactive ketones (excluding diaryl/α,β-unsaturated/α-hetero) is 1. The van der Waals surface area contributed by atoms with Crippen molar-refractivity contribution in [2.24, 2.45) is 0 Å². The summed E-state index contributed by atoms with van der Waals surface area (Å²) in [6, 6.07) is 4.85. The van der Waals surface area contributed by atoms with Gasteiger partial charge in [0.25, 0.3) is 0 Å². The molecule has 2 rings (SSSR count). The molecule has 9 heteroatoms. The summed E-state index contributed by atoms with van der Waals surface area (Å²) in [7, 11) is 1.64. The molecule has 1 aromatic heterocycles. The van der Waals surface area contributed by atoms with Gasteiger partial charge < -0.3 is 10.1 Å². The van der Waals surface area contributed by atoms with Gasteiger partial charge in [0.1, 0.15) is 0 Å². The van der Waals surface area contributed by atoms with Crippen molar-refractivity contribution in [3.63, 3.8) is 0 Å². The summed E-state index contributed by atoms with van der Waals surface area (Å²) in [6.07, 6.45) is 0. The zero-order valence-electron chi connectivity index (χ0n) is 11.6. The Balaban J connectivity index is 1.86. The Morgan fingerprint density at radius 1 is 1.36 bits per heavy atom. The molecule has 1 aromatic carbocycles. The molecule has 0 radical (unpaired) electrons. The van der Waals surface area contributed by atoms with Gasteiger partial charge in [-0.2, -0.15) is 0 Å². The highest BCUT2D eigenvalue weighted by molar-refractivity contribution is 8.01. The smallest absolute Gasteiger partial charge is 0.206 e. The SMILES string of the molecule is COCCNc1nnc(SCC(=O)c2ccc(Cl)c(Cl)c2)s1. The lowest BCUT2D eigenvalue weighted by molar-refractivity contribution is 0.102. The number of ether oxygens (including phenoxy) is 1. The lowest BCUT2D eigenvalue weighted by Crippen LogP contribution is -2.06. The number of benzene rings is 1. The van der Waals surface area contributed by atoms with E-state index in [1.165, 1.54) is 23.1 Å². The molecule has 0 aliphatic heterocycles. The number of hydrogen-bond donors (Lipinski definition) is 1. The highest BCUT2D eigenvalue weighted by Crippen LogP contribution is 2.27. The monoisotopic (exact) mass is 377 g/mol. The molecule has 0 aliphatic rings. The van der Waals surface area contributed by atoms with E-state index in [1.54, 1.807) is 25.3 Å². The molecule has 0 saturated carbocycles. The summed E-state index contributed by atoms with van der Waals surface area (Å²) in [5.74, 6) is 0.234. The van der Waals surface area contributed by atoms with Gasteiger partial charge in [0.05, 0.1) is 22.4 Å². The van der Waals surface area contributed by atoms with Crippen LogP contribution in [-0.2, 0) is 4.74 Å². The van der Waals surface area contributed by atoms with E-state index < -0.39 is 0 Å². The van der Waals surface area contributed by atoms with Crippen molar-refractivity contribution in [2.75, 3.05) is 31.3 Å². The summed E-state index contributed by atoms with van der Waals surface area (Å²) in [5.41, 5.74) is 0.532. The van der Waals surface area contributed by atoms with E-state index in [1.807, 2.05) is 0 Å². The topological polar surface area (TPSA) is 64.1 Å². The Morgan fingerprint density at radius 3 is 2.91 bits per heavy atom. The number of carbonyl (C=O) groups is 1. The number of carbonyl (C=O) groups excluding carboxylic acids is 1. The van der Waals surface area contributed by atoms with Gasteiger partial charge in [-0.25, -0.2) is 0 Å². The molecule has 0 bridgehead atoms. The average Bonchev–Trinajstić information content (AvgIpc) is 2.96. The van der Waals surface area contributed by atoms with Gasteiger partial charge in [-0.1, -0.05) is 46.3 Å². The minimum Gasteiger partial charge on any atom is -0.383 e. The molecule has 1 N–H and O–H groups in total. The largest absolute Gasteiger partial charge is 0.383 e. The predicted octanol–water partition coefficient (Wildman–Crippen LogP) is 3.88. The second-order valence-electron chi connectivity index (χ2n) is 4.13. The molecule has 2 aromatic rings. The first kappa shape index (κ1) is 17.5. The number of thioether (sulfide) groups is 1. The molecule has 0 unspecified atom stereocenters. The third kappa shape index (κ3) is 5.10.